The molecule has 1 N–H and O–H groups in total. The maximum absolute atomic E-state index is 13.1. The van der Waals surface area contributed by atoms with Gasteiger partial charge in [0.25, 0.3) is 0 Å². The third-order valence-electron chi connectivity index (χ3n) is 5.81. The largest absolute Gasteiger partial charge is 0.445 e. The number of rotatable bonds is 9. The molecule has 1 heterocycles. The highest BCUT2D eigenvalue weighted by Crippen LogP contribution is 2.33. The zero-order valence-electron chi connectivity index (χ0n) is 20.6. The number of carbonyl (C=O) groups is 2. The quantitative estimate of drug-likeness (QED) is 0.172. The molecule has 0 aliphatic heterocycles. The molecule has 0 aliphatic rings. The molecule has 0 radical (unpaired) electrons. The summed E-state index contributed by atoms with van der Waals surface area (Å²) < 4.78 is 16.5. The van der Waals surface area contributed by atoms with E-state index < -0.39 is 23.7 Å². The lowest BCUT2D eigenvalue weighted by atomic mass is 10.0. The zero-order chi connectivity index (χ0) is 26.2. The molecule has 0 fully saturated rings. The summed E-state index contributed by atoms with van der Waals surface area (Å²) in [5.74, 6) is 0.249. The molecule has 0 saturated heterocycles. The van der Waals surface area contributed by atoms with Gasteiger partial charge >= 0.3 is 17.7 Å². The fraction of sp³-hybridized carbons (Fsp3) is 0.207. The second kappa shape index (κ2) is 12.3. The summed E-state index contributed by atoms with van der Waals surface area (Å²) in [6.07, 6.45) is 1.57. The Morgan fingerprint density at radius 2 is 1.70 bits per heavy atom. The number of nitrogens with one attached hydrogen (secondary N) is 1. The molecule has 3 aromatic carbocycles. The van der Waals surface area contributed by atoms with E-state index in [9.17, 15) is 14.4 Å². The van der Waals surface area contributed by atoms with Gasteiger partial charge in [0.1, 0.15) is 24.0 Å². The topological polar surface area (TPSA) is 94.8 Å². The highest BCUT2D eigenvalue weighted by atomic mass is 32.2. The predicted molar refractivity (Wildman–Crippen MR) is 145 cm³/mol. The number of alkyl carbamates (subject to hydrolysis) is 1. The molecule has 0 bridgehead atoms. The number of amides is 1. The first kappa shape index (κ1) is 26.0. The summed E-state index contributed by atoms with van der Waals surface area (Å²) in [5.41, 5.74) is 2.79. The van der Waals surface area contributed by atoms with Crippen LogP contribution in [0.15, 0.2) is 88.1 Å². The van der Waals surface area contributed by atoms with Crippen molar-refractivity contribution in [3.8, 4) is 16.9 Å². The summed E-state index contributed by atoms with van der Waals surface area (Å²) in [5, 5.41) is 3.34. The predicted octanol–water partition coefficient (Wildman–Crippen LogP) is 5.72. The van der Waals surface area contributed by atoms with Gasteiger partial charge in [-0.25, -0.2) is 14.4 Å². The van der Waals surface area contributed by atoms with E-state index in [4.69, 9.17) is 13.9 Å². The van der Waals surface area contributed by atoms with E-state index in [1.807, 2.05) is 66.9 Å². The molecule has 4 aromatic rings. The number of benzene rings is 3. The van der Waals surface area contributed by atoms with Crippen molar-refractivity contribution < 1.29 is 23.5 Å². The summed E-state index contributed by atoms with van der Waals surface area (Å²) in [4.78, 5) is 37.8. The fourth-order valence-electron chi connectivity index (χ4n) is 3.88. The van der Waals surface area contributed by atoms with Crippen LogP contribution in [0, 0.1) is 6.92 Å². The monoisotopic (exact) mass is 517 g/mol. The lowest BCUT2D eigenvalue weighted by molar-refractivity contribution is -0.136. The SMILES string of the molecule is CSCCC(NC(=O)OCc1ccccc1)C(=O)Oc1ccc2c(-c3ccccc3)cc(=O)oc2c1C. The standard InChI is InChI=1S/C29H27NO6S/c1-19-25(14-13-22-23(17-26(31)36-27(19)22)21-11-7-4-8-12-21)35-28(32)24(15-16-37-2)30-29(33)34-18-20-9-5-3-6-10-20/h3-14,17,24H,15-16,18H2,1-2H3,(H,30,33). The van der Waals surface area contributed by atoms with E-state index in [1.165, 1.54) is 6.07 Å². The molecule has 0 aliphatic carbocycles. The van der Waals surface area contributed by atoms with Crippen molar-refractivity contribution in [2.24, 2.45) is 0 Å². The lowest BCUT2D eigenvalue weighted by Crippen LogP contribution is -2.43. The van der Waals surface area contributed by atoms with E-state index >= 15 is 0 Å². The first-order valence-corrected chi connectivity index (χ1v) is 13.2. The molecule has 8 heteroatoms. The number of fused-ring (bicyclic) bond motifs is 1. The summed E-state index contributed by atoms with van der Waals surface area (Å²) in [7, 11) is 0. The van der Waals surface area contributed by atoms with Crippen LogP contribution >= 0.6 is 11.8 Å². The molecule has 190 valence electrons. The zero-order valence-corrected chi connectivity index (χ0v) is 21.4. The molecule has 4 rings (SSSR count). The number of hydrogen-bond acceptors (Lipinski definition) is 7. The Kier molecular flexibility index (Phi) is 8.64. The van der Waals surface area contributed by atoms with Gasteiger partial charge in [-0.2, -0.15) is 11.8 Å². The van der Waals surface area contributed by atoms with Gasteiger partial charge in [-0.3, -0.25) is 0 Å². The van der Waals surface area contributed by atoms with Gasteiger partial charge in [-0.05, 0) is 54.2 Å². The number of aryl methyl sites for hydroxylation is 1. The lowest BCUT2D eigenvalue weighted by Gasteiger charge is -2.18. The Bertz CT molecular complexity index is 1440. The highest BCUT2D eigenvalue weighted by molar-refractivity contribution is 7.98. The minimum Gasteiger partial charge on any atom is -0.445 e. The first-order chi connectivity index (χ1) is 18.0. The third-order valence-corrected chi connectivity index (χ3v) is 6.45. The molecule has 1 aromatic heterocycles. The Morgan fingerprint density at radius 1 is 1.00 bits per heavy atom. The molecular weight excluding hydrogens is 490 g/mol. The Morgan fingerprint density at radius 3 is 2.41 bits per heavy atom. The van der Waals surface area contributed by atoms with Crippen LogP contribution < -0.4 is 15.7 Å². The van der Waals surface area contributed by atoms with E-state index in [1.54, 1.807) is 30.8 Å². The van der Waals surface area contributed by atoms with Crippen LogP contribution in [0.25, 0.3) is 22.1 Å². The van der Waals surface area contributed by atoms with Crippen molar-refractivity contribution >= 4 is 34.8 Å². The van der Waals surface area contributed by atoms with Gasteiger partial charge in [0.2, 0.25) is 0 Å². The van der Waals surface area contributed by atoms with Crippen molar-refractivity contribution in [3.63, 3.8) is 0 Å². The van der Waals surface area contributed by atoms with Crippen molar-refractivity contribution in [2.75, 3.05) is 12.0 Å². The number of hydrogen-bond donors (Lipinski definition) is 1. The number of carbonyl (C=O) groups excluding carboxylic acids is 2. The van der Waals surface area contributed by atoms with Gasteiger partial charge in [0.05, 0.1) is 0 Å². The maximum atomic E-state index is 13.1. The van der Waals surface area contributed by atoms with E-state index in [-0.39, 0.29) is 12.4 Å². The number of esters is 1. The molecule has 1 unspecified atom stereocenters. The molecule has 1 atom stereocenters. The normalized spacial score (nSPS) is 11.6. The highest BCUT2D eigenvalue weighted by Gasteiger charge is 2.25. The van der Waals surface area contributed by atoms with Gasteiger partial charge in [-0.1, -0.05) is 60.7 Å². The van der Waals surface area contributed by atoms with Crippen LogP contribution in [0.2, 0.25) is 0 Å². The Balaban J connectivity index is 1.53. The minimum absolute atomic E-state index is 0.0868. The van der Waals surface area contributed by atoms with Crippen LogP contribution in [-0.2, 0) is 16.1 Å². The van der Waals surface area contributed by atoms with Gasteiger partial charge in [0.15, 0.2) is 0 Å². The first-order valence-electron chi connectivity index (χ1n) is 11.8. The van der Waals surface area contributed by atoms with E-state index in [2.05, 4.69) is 5.32 Å². The van der Waals surface area contributed by atoms with Crippen LogP contribution in [-0.4, -0.2) is 30.1 Å². The van der Waals surface area contributed by atoms with Gasteiger partial charge < -0.3 is 19.2 Å². The van der Waals surface area contributed by atoms with Crippen LogP contribution in [0.1, 0.15) is 17.5 Å². The van der Waals surface area contributed by atoms with Crippen molar-refractivity contribution in [1.82, 2.24) is 5.32 Å². The van der Waals surface area contributed by atoms with E-state index in [0.29, 0.717) is 23.3 Å². The molecule has 1 amide bonds. The second-order valence-electron chi connectivity index (χ2n) is 8.37. The van der Waals surface area contributed by atoms with Crippen molar-refractivity contribution in [3.05, 3.63) is 100 Å². The van der Waals surface area contributed by atoms with E-state index in [0.717, 1.165) is 22.1 Å². The van der Waals surface area contributed by atoms with Crippen LogP contribution in [0.5, 0.6) is 5.75 Å². The third kappa shape index (κ3) is 6.59. The second-order valence-corrected chi connectivity index (χ2v) is 9.36. The number of ether oxygens (including phenoxy) is 2. The Hall–Kier alpha value is -4.04. The molecule has 7 nitrogen and oxygen atoms in total. The maximum Gasteiger partial charge on any atom is 0.408 e. The minimum atomic E-state index is -0.909. The summed E-state index contributed by atoms with van der Waals surface area (Å²) in [6.45, 7) is 1.81. The molecule has 0 saturated carbocycles. The van der Waals surface area contributed by atoms with Crippen molar-refractivity contribution in [2.45, 2.75) is 26.0 Å². The smallest absolute Gasteiger partial charge is 0.408 e. The van der Waals surface area contributed by atoms with Crippen molar-refractivity contribution in [1.29, 1.82) is 0 Å². The average molecular weight is 518 g/mol. The summed E-state index contributed by atoms with van der Waals surface area (Å²) in [6, 6.07) is 22.8. The summed E-state index contributed by atoms with van der Waals surface area (Å²) >= 11 is 1.55. The van der Waals surface area contributed by atoms with Crippen LogP contribution in [0.4, 0.5) is 4.79 Å². The number of thioether (sulfide) groups is 1. The molecular formula is C29H27NO6S. The van der Waals surface area contributed by atoms with Crippen LogP contribution in [0.3, 0.4) is 0 Å². The van der Waals surface area contributed by atoms with Gasteiger partial charge in [0, 0.05) is 17.0 Å². The fourth-order valence-corrected chi connectivity index (χ4v) is 4.35. The van der Waals surface area contributed by atoms with Gasteiger partial charge in [-0.15, -0.1) is 0 Å². The molecule has 0 spiro atoms. The Labute approximate surface area is 218 Å². The average Bonchev–Trinajstić information content (AvgIpc) is 2.92. The molecule has 37 heavy (non-hydrogen) atoms.